The number of fused-ring (bicyclic) bond motifs is 1. The van der Waals surface area contributed by atoms with Crippen molar-refractivity contribution >= 4 is 5.78 Å². The molecule has 2 aromatic rings. The molecule has 0 aliphatic carbocycles. The third-order valence-corrected chi connectivity index (χ3v) is 3.80. The van der Waals surface area contributed by atoms with Crippen LogP contribution in [-0.4, -0.2) is 11.9 Å². The average Bonchev–Trinajstić information content (AvgIpc) is 2.85. The zero-order valence-corrected chi connectivity index (χ0v) is 11.8. The first kappa shape index (κ1) is 12.9. The Morgan fingerprint density at radius 1 is 1.25 bits per heavy atom. The van der Waals surface area contributed by atoms with Crippen LogP contribution in [-0.2, 0) is 12.8 Å². The summed E-state index contributed by atoms with van der Waals surface area (Å²) in [5, 5.41) is 0. The van der Waals surface area contributed by atoms with E-state index in [0.29, 0.717) is 0 Å². The number of hydrogen-bond donors (Lipinski definition) is 0. The summed E-state index contributed by atoms with van der Waals surface area (Å²) in [6.07, 6.45) is 1.96. The molecule has 102 valence electrons. The molecule has 2 heteroatoms. The number of rotatable bonds is 3. The van der Waals surface area contributed by atoms with Gasteiger partial charge in [-0.05, 0) is 42.7 Å². The van der Waals surface area contributed by atoms with E-state index >= 15 is 0 Å². The molecular weight excluding hydrogens is 248 g/mol. The minimum atomic E-state index is 0.102. The molecule has 0 bridgehead atoms. The highest BCUT2D eigenvalue weighted by molar-refractivity contribution is 6.10. The van der Waals surface area contributed by atoms with Gasteiger partial charge in [-0.15, -0.1) is 0 Å². The van der Waals surface area contributed by atoms with E-state index < -0.39 is 0 Å². The van der Waals surface area contributed by atoms with Gasteiger partial charge in [-0.3, -0.25) is 4.79 Å². The maximum absolute atomic E-state index is 12.7. The van der Waals surface area contributed by atoms with Gasteiger partial charge in [0.1, 0.15) is 11.9 Å². The Balaban J connectivity index is 1.97. The molecule has 1 heterocycles. The highest BCUT2D eigenvalue weighted by Gasteiger charge is 2.21. The fourth-order valence-corrected chi connectivity index (χ4v) is 2.77. The highest BCUT2D eigenvalue weighted by Crippen LogP contribution is 2.30. The largest absolute Gasteiger partial charge is 0.490 e. The van der Waals surface area contributed by atoms with E-state index in [9.17, 15) is 4.79 Å². The van der Waals surface area contributed by atoms with Gasteiger partial charge in [-0.25, -0.2) is 0 Å². The van der Waals surface area contributed by atoms with Gasteiger partial charge in [0.15, 0.2) is 5.78 Å². The summed E-state index contributed by atoms with van der Waals surface area (Å²) in [4.78, 5) is 12.7. The fraction of sp³-hybridized carbons (Fsp3) is 0.278. The minimum absolute atomic E-state index is 0.102. The first-order valence-electron chi connectivity index (χ1n) is 7.11. The molecule has 0 aromatic heterocycles. The van der Waals surface area contributed by atoms with E-state index in [1.165, 1.54) is 0 Å². The van der Waals surface area contributed by atoms with Crippen molar-refractivity contribution in [2.45, 2.75) is 32.8 Å². The number of carbonyl (C=O) groups is 1. The van der Waals surface area contributed by atoms with E-state index in [-0.39, 0.29) is 11.9 Å². The van der Waals surface area contributed by atoms with E-state index in [4.69, 9.17) is 4.74 Å². The van der Waals surface area contributed by atoms with Crippen LogP contribution in [0.4, 0.5) is 0 Å². The molecular formula is C18H18O2. The Hall–Kier alpha value is -2.09. The zero-order chi connectivity index (χ0) is 14.1. The molecule has 0 spiro atoms. The van der Waals surface area contributed by atoms with Gasteiger partial charge in [0, 0.05) is 17.5 Å². The number of ketones is 1. The molecule has 3 rings (SSSR count). The predicted octanol–water partition coefficient (Wildman–Crippen LogP) is 3.80. The van der Waals surface area contributed by atoms with Crippen LogP contribution in [0.15, 0.2) is 42.5 Å². The normalized spacial score (nSPS) is 16.6. The summed E-state index contributed by atoms with van der Waals surface area (Å²) in [5.41, 5.74) is 3.80. The van der Waals surface area contributed by atoms with Crippen molar-refractivity contribution in [3.63, 3.8) is 0 Å². The molecule has 20 heavy (non-hydrogen) atoms. The van der Waals surface area contributed by atoms with Crippen molar-refractivity contribution in [2.75, 3.05) is 0 Å². The highest BCUT2D eigenvalue weighted by atomic mass is 16.5. The Bertz CT molecular complexity index is 658. The Morgan fingerprint density at radius 3 is 2.85 bits per heavy atom. The van der Waals surface area contributed by atoms with Crippen LogP contribution in [0.3, 0.4) is 0 Å². The van der Waals surface area contributed by atoms with Crippen molar-refractivity contribution in [1.82, 2.24) is 0 Å². The number of carbonyl (C=O) groups excluding carboxylic acids is 1. The molecule has 1 aliphatic heterocycles. The molecule has 0 amide bonds. The van der Waals surface area contributed by atoms with Crippen LogP contribution in [0.1, 0.15) is 40.9 Å². The SMILES string of the molecule is CCc1ccccc1C(=O)c1ccc2c(c1)CC(C)O2. The van der Waals surface area contributed by atoms with Crippen molar-refractivity contribution in [3.8, 4) is 5.75 Å². The van der Waals surface area contributed by atoms with Gasteiger partial charge < -0.3 is 4.74 Å². The van der Waals surface area contributed by atoms with Crippen molar-refractivity contribution < 1.29 is 9.53 Å². The molecule has 2 aromatic carbocycles. The molecule has 1 aliphatic rings. The molecule has 0 N–H and O–H groups in total. The molecule has 2 nitrogen and oxygen atoms in total. The lowest BCUT2D eigenvalue weighted by atomic mass is 9.95. The molecule has 1 unspecified atom stereocenters. The number of ether oxygens (including phenoxy) is 1. The van der Waals surface area contributed by atoms with E-state index in [2.05, 4.69) is 6.92 Å². The molecule has 0 radical (unpaired) electrons. The second-order valence-electron chi connectivity index (χ2n) is 5.29. The zero-order valence-electron chi connectivity index (χ0n) is 11.8. The smallest absolute Gasteiger partial charge is 0.193 e. The van der Waals surface area contributed by atoms with Gasteiger partial charge >= 0.3 is 0 Å². The number of benzene rings is 2. The van der Waals surface area contributed by atoms with Gasteiger partial charge in [-0.1, -0.05) is 31.2 Å². The maximum Gasteiger partial charge on any atom is 0.193 e. The van der Waals surface area contributed by atoms with E-state index in [1.807, 2.05) is 49.4 Å². The predicted molar refractivity (Wildman–Crippen MR) is 79.5 cm³/mol. The average molecular weight is 266 g/mol. The first-order valence-corrected chi connectivity index (χ1v) is 7.11. The summed E-state index contributed by atoms with van der Waals surface area (Å²) in [6, 6.07) is 13.6. The van der Waals surface area contributed by atoms with Crippen molar-refractivity contribution in [3.05, 3.63) is 64.7 Å². The quantitative estimate of drug-likeness (QED) is 0.790. The van der Waals surface area contributed by atoms with Crippen LogP contribution >= 0.6 is 0 Å². The van der Waals surface area contributed by atoms with Gasteiger partial charge in [-0.2, -0.15) is 0 Å². The number of aryl methyl sites for hydroxylation is 1. The first-order chi connectivity index (χ1) is 9.69. The lowest BCUT2D eigenvalue weighted by Gasteiger charge is -2.08. The monoisotopic (exact) mass is 266 g/mol. The van der Waals surface area contributed by atoms with Crippen molar-refractivity contribution in [1.29, 1.82) is 0 Å². The summed E-state index contributed by atoms with van der Waals surface area (Å²) in [5.74, 6) is 1.02. The van der Waals surface area contributed by atoms with Gasteiger partial charge in [0.25, 0.3) is 0 Å². The second kappa shape index (κ2) is 5.12. The Labute approximate surface area is 119 Å². The Kier molecular flexibility index (Phi) is 3.31. The lowest BCUT2D eigenvalue weighted by molar-refractivity contribution is 0.103. The van der Waals surface area contributed by atoms with Crippen LogP contribution in [0.5, 0.6) is 5.75 Å². The van der Waals surface area contributed by atoms with Crippen LogP contribution in [0.2, 0.25) is 0 Å². The summed E-state index contributed by atoms with van der Waals surface area (Å²) < 4.78 is 5.68. The third kappa shape index (κ3) is 2.22. The minimum Gasteiger partial charge on any atom is -0.490 e. The molecule has 0 saturated heterocycles. The van der Waals surface area contributed by atoms with Crippen molar-refractivity contribution in [2.24, 2.45) is 0 Å². The van der Waals surface area contributed by atoms with Crippen LogP contribution in [0, 0.1) is 0 Å². The Morgan fingerprint density at radius 2 is 2.05 bits per heavy atom. The summed E-state index contributed by atoms with van der Waals surface area (Å²) in [6.45, 7) is 4.12. The summed E-state index contributed by atoms with van der Waals surface area (Å²) in [7, 11) is 0. The number of hydrogen-bond acceptors (Lipinski definition) is 2. The topological polar surface area (TPSA) is 26.3 Å². The second-order valence-corrected chi connectivity index (χ2v) is 5.29. The fourth-order valence-electron chi connectivity index (χ4n) is 2.77. The van der Waals surface area contributed by atoms with Crippen LogP contribution in [0.25, 0.3) is 0 Å². The van der Waals surface area contributed by atoms with E-state index in [1.54, 1.807) is 0 Å². The molecule has 0 saturated carbocycles. The maximum atomic E-state index is 12.7. The van der Waals surface area contributed by atoms with Gasteiger partial charge in [0.05, 0.1) is 0 Å². The lowest BCUT2D eigenvalue weighted by Crippen LogP contribution is -2.05. The molecule has 1 atom stereocenters. The standard InChI is InChI=1S/C18H18O2/c1-3-13-6-4-5-7-16(13)18(19)14-8-9-17-15(11-14)10-12(2)20-17/h4-9,11-12H,3,10H2,1-2H3. The van der Waals surface area contributed by atoms with Gasteiger partial charge in [0.2, 0.25) is 0 Å². The molecule has 0 fully saturated rings. The van der Waals surface area contributed by atoms with Crippen LogP contribution < -0.4 is 4.74 Å². The van der Waals surface area contributed by atoms with E-state index in [0.717, 1.165) is 40.8 Å². The summed E-state index contributed by atoms with van der Waals surface area (Å²) >= 11 is 0. The third-order valence-electron chi connectivity index (χ3n) is 3.80.